The van der Waals surface area contributed by atoms with Crippen LogP contribution in [0.5, 0.6) is 0 Å². The van der Waals surface area contributed by atoms with Gasteiger partial charge < -0.3 is 0 Å². The molecule has 2 rings (SSSR count). The molecule has 0 aromatic heterocycles. The molecule has 20 heavy (non-hydrogen) atoms. The minimum atomic E-state index is -0.0473. The van der Waals surface area contributed by atoms with Crippen molar-refractivity contribution in [1.29, 1.82) is 0 Å². The lowest BCUT2D eigenvalue weighted by molar-refractivity contribution is 0.671. The fourth-order valence-electron chi connectivity index (χ4n) is 2.30. The molecule has 0 spiro atoms. The number of halogens is 2. The van der Waals surface area contributed by atoms with Crippen molar-refractivity contribution < 1.29 is 0 Å². The minimum Gasteiger partial charge on any atom is -0.0843 e. The van der Waals surface area contributed by atoms with E-state index in [0.717, 1.165) is 10.0 Å². The summed E-state index contributed by atoms with van der Waals surface area (Å²) >= 11 is 11.9. The summed E-state index contributed by atoms with van der Waals surface area (Å²) in [5.74, 6) is 0. The van der Waals surface area contributed by atoms with Gasteiger partial charge in [-0.3, -0.25) is 0 Å². The van der Waals surface area contributed by atoms with Crippen LogP contribution in [0.4, 0.5) is 0 Å². The molecule has 0 radical (unpaired) electrons. The Morgan fingerprint density at radius 2 is 1.30 bits per heavy atom. The van der Waals surface area contributed by atoms with Crippen molar-refractivity contribution in [1.82, 2.24) is 0 Å². The smallest absolute Gasteiger partial charge is 0.0406 e. The molecule has 0 saturated carbocycles. The largest absolute Gasteiger partial charge is 0.0843 e. The van der Waals surface area contributed by atoms with Crippen LogP contribution in [0.3, 0.4) is 0 Å². The molecule has 0 atom stereocenters. The van der Waals surface area contributed by atoms with Gasteiger partial charge in [0, 0.05) is 15.5 Å². The molecule has 2 aromatic rings. The Morgan fingerprint density at radius 3 is 1.80 bits per heavy atom. The Balaban J connectivity index is 2.31. The lowest BCUT2D eigenvalue weighted by atomic mass is 9.82. The van der Waals surface area contributed by atoms with Crippen molar-refractivity contribution in [2.75, 3.05) is 0 Å². The summed E-state index contributed by atoms with van der Waals surface area (Å²) in [6.07, 6.45) is 2.28. The summed E-state index contributed by atoms with van der Waals surface area (Å²) in [5, 5.41) is 1.53. The van der Waals surface area contributed by atoms with Crippen LogP contribution >= 0.6 is 23.2 Å². The monoisotopic (exact) mass is 304 g/mol. The average molecular weight is 305 g/mol. The van der Waals surface area contributed by atoms with E-state index in [1.807, 2.05) is 36.4 Å². The summed E-state index contributed by atoms with van der Waals surface area (Å²) in [5.41, 5.74) is 3.63. The number of benzene rings is 2. The predicted octanol–water partition coefficient (Wildman–Crippen LogP) is 6.37. The van der Waals surface area contributed by atoms with Gasteiger partial charge in [-0.15, -0.1) is 0 Å². The fourth-order valence-corrected chi connectivity index (χ4v) is 2.55. The lowest BCUT2D eigenvalue weighted by Gasteiger charge is -2.22. The second-order valence-electron chi connectivity index (χ2n) is 5.56. The summed E-state index contributed by atoms with van der Waals surface area (Å²) in [7, 11) is 0. The molecule has 0 aliphatic rings. The first kappa shape index (κ1) is 15.2. The Kier molecular flexibility index (Phi) is 4.57. The highest BCUT2D eigenvalue weighted by Crippen LogP contribution is 2.30. The Hall–Kier alpha value is -1.24. The second kappa shape index (κ2) is 6.03. The predicted molar refractivity (Wildman–Crippen MR) is 89.6 cm³/mol. The molecule has 0 saturated heterocycles. The number of allylic oxidation sites excluding steroid dienone is 2. The Bertz CT molecular complexity index is 605. The maximum Gasteiger partial charge on any atom is 0.0406 e. The average Bonchev–Trinajstić information content (AvgIpc) is 2.39. The van der Waals surface area contributed by atoms with E-state index >= 15 is 0 Å². The third-order valence-electron chi connectivity index (χ3n) is 3.47. The highest BCUT2D eigenvalue weighted by Gasteiger charge is 2.18. The highest BCUT2D eigenvalue weighted by atomic mass is 35.5. The van der Waals surface area contributed by atoms with Crippen LogP contribution in [0, 0.1) is 0 Å². The van der Waals surface area contributed by atoms with Gasteiger partial charge in [0.15, 0.2) is 0 Å². The molecule has 2 aromatic carbocycles. The van der Waals surface area contributed by atoms with Gasteiger partial charge in [0.1, 0.15) is 0 Å². The van der Waals surface area contributed by atoms with Gasteiger partial charge in [0.2, 0.25) is 0 Å². The van der Waals surface area contributed by atoms with E-state index in [4.69, 9.17) is 23.2 Å². The zero-order chi connectivity index (χ0) is 14.8. The zero-order valence-corrected chi connectivity index (χ0v) is 13.5. The Morgan fingerprint density at radius 1 is 0.850 bits per heavy atom. The van der Waals surface area contributed by atoms with Gasteiger partial charge in [0.25, 0.3) is 0 Å². The summed E-state index contributed by atoms with van der Waals surface area (Å²) in [6.45, 7) is 6.53. The van der Waals surface area contributed by atoms with E-state index in [0.29, 0.717) is 0 Å². The topological polar surface area (TPSA) is 0 Å². The maximum absolute atomic E-state index is 5.95. The van der Waals surface area contributed by atoms with Crippen LogP contribution in [0.25, 0.3) is 5.57 Å². The van der Waals surface area contributed by atoms with Gasteiger partial charge in [-0.05, 0) is 47.9 Å². The lowest BCUT2D eigenvalue weighted by Crippen LogP contribution is -2.13. The summed E-state index contributed by atoms with van der Waals surface area (Å²) in [6, 6.07) is 16.0. The fraction of sp³-hybridized carbons (Fsp3) is 0.222. The van der Waals surface area contributed by atoms with Gasteiger partial charge in [-0.2, -0.15) is 0 Å². The molecule has 0 unspecified atom stereocenters. The van der Waals surface area contributed by atoms with Crippen LogP contribution in [0.2, 0.25) is 10.0 Å². The minimum absolute atomic E-state index is 0.0473. The first-order chi connectivity index (χ1) is 9.38. The SMILES string of the molecule is C/C(=C\C(C)(C)c1ccc(Cl)cc1)c1ccc(Cl)cc1. The van der Waals surface area contributed by atoms with E-state index in [-0.39, 0.29) is 5.41 Å². The zero-order valence-electron chi connectivity index (χ0n) is 12.0. The molecule has 0 aliphatic carbocycles. The number of hydrogen-bond acceptors (Lipinski definition) is 0. The van der Waals surface area contributed by atoms with Crippen LogP contribution in [-0.4, -0.2) is 0 Å². The van der Waals surface area contributed by atoms with Crippen molar-refractivity contribution in [2.24, 2.45) is 0 Å². The molecule has 0 amide bonds. The third-order valence-corrected chi connectivity index (χ3v) is 3.97. The second-order valence-corrected chi connectivity index (χ2v) is 6.44. The molecule has 0 nitrogen and oxygen atoms in total. The van der Waals surface area contributed by atoms with E-state index in [2.05, 4.69) is 39.0 Å². The number of rotatable bonds is 3. The third kappa shape index (κ3) is 3.65. The van der Waals surface area contributed by atoms with E-state index in [9.17, 15) is 0 Å². The van der Waals surface area contributed by atoms with E-state index in [1.165, 1.54) is 16.7 Å². The molecule has 0 fully saturated rings. The molecule has 0 bridgehead atoms. The molecule has 0 heterocycles. The maximum atomic E-state index is 5.95. The molecule has 0 aliphatic heterocycles. The van der Waals surface area contributed by atoms with Gasteiger partial charge in [-0.1, -0.05) is 67.4 Å². The van der Waals surface area contributed by atoms with Gasteiger partial charge in [-0.25, -0.2) is 0 Å². The van der Waals surface area contributed by atoms with Crippen LogP contribution in [0.1, 0.15) is 31.9 Å². The quantitative estimate of drug-likeness (QED) is 0.617. The van der Waals surface area contributed by atoms with E-state index < -0.39 is 0 Å². The van der Waals surface area contributed by atoms with Crippen LogP contribution in [-0.2, 0) is 5.41 Å². The molecule has 0 N–H and O–H groups in total. The Labute approximate surface area is 131 Å². The number of hydrogen-bond donors (Lipinski definition) is 0. The van der Waals surface area contributed by atoms with Crippen LogP contribution in [0.15, 0.2) is 54.6 Å². The first-order valence-electron chi connectivity index (χ1n) is 6.60. The van der Waals surface area contributed by atoms with Gasteiger partial charge in [0.05, 0.1) is 0 Å². The molecule has 2 heteroatoms. The van der Waals surface area contributed by atoms with Crippen molar-refractivity contribution in [3.05, 3.63) is 75.8 Å². The normalized spacial score (nSPS) is 12.6. The van der Waals surface area contributed by atoms with Crippen molar-refractivity contribution in [3.8, 4) is 0 Å². The van der Waals surface area contributed by atoms with Gasteiger partial charge >= 0.3 is 0 Å². The van der Waals surface area contributed by atoms with Crippen molar-refractivity contribution in [2.45, 2.75) is 26.2 Å². The van der Waals surface area contributed by atoms with Crippen molar-refractivity contribution in [3.63, 3.8) is 0 Å². The summed E-state index contributed by atoms with van der Waals surface area (Å²) in [4.78, 5) is 0. The van der Waals surface area contributed by atoms with Crippen molar-refractivity contribution >= 4 is 28.8 Å². The summed E-state index contributed by atoms with van der Waals surface area (Å²) < 4.78 is 0. The molecule has 104 valence electrons. The molecular formula is C18H18Cl2. The standard InChI is InChI=1S/C18H18Cl2/c1-13(14-4-8-16(19)9-5-14)12-18(2,3)15-6-10-17(20)11-7-15/h4-12H,1-3H3/b13-12+. The molecular weight excluding hydrogens is 287 g/mol. The van der Waals surface area contributed by atoms with Crippen LogP contribution < -0.4 is 0 Å². The highest BCUT2D eigenvalue weighted by molar-refractivity contribution is 6.30. The van der Waals surface area contributed by atoms with E-state index in [1.54, 1.807) is 0 Å². The first-order valence-corrected chi connectivity index (χ1v) is 7.35.